The van der Waals surface area contributed by atoms with E-state index < -0.39 is 6.10 Å². The first-order valence-corrected chi connectivity index (χ1v) is 4.36. The topological polar surface area (TPSA) is 55.2 Å². The van der Waals surface area contributed by atoms with E-state index in [1.165, 1.54) is 6.33 Å². The molecular weight excluding hydrogens is 168 g/mol. The normalized spacial score (nSPS) is 12.8. The Balaban J connectivity index is 2.35. The molecule has 0 bridgehead atoms. The first-order valence-electron chi connectivity index (χ1n) is 4.36. The molecule has 1 atom stereocenters. The summed E-state index contributed by atoms with van der Waals surface area (Å²) in [6.45, 7) is 2.99. The van der Waals surface area contributed by atoms with Gasteiger partial charge < -0.3 is 9.84 Å². The maximum absolute atomic E-state index is 9.53. The molecule has 0 radical (unpaired) electrons. The quantitative estimate of drug-likeness (QED) is 0.688. The largest absolute Gasteiger partial charge is 0.384 e. The van der Waals surface area contributed by atoms with E-state index in [0.717, 1.165) is 6.42 Å². The van der Waals surface area contributed by atoms with E-state index in [-0.39, 0.29) is 0 Å². The zero-order chi connectivity index (χ0) is 9.52. The molecule has 0 saturated carbocycles. The van der Waals surface area contributed by atoms with Crippen LogP contribution in [0.2, 0.25) is 0 Å². The molecule has 0 spiro atoms. The standard InChI is InChI=1S/C9H14N2O2/c1-2-5-13-6-9(12)8-3-4-10-7-11-8/h3-4,7,9,12H,2,5-6H2,1H3. The van der Waals surface area contributed by atoms with Gasteiger partial charge in [0, 0.05) is 12.8 Å². The Bertz CT molecular complexity index is 228. The predicted molar refractivity (Wildman–Crippen MR) is 48.1 cm³/mol. The Morgan fingerprint density at radius 2 is 2.46 bits per heavy atom. The van der Waals surface area contributed by atoms with Crippen LogP contribution in [0, 0.1) is 0 Å². The van der Waals surface area contributed by atoms with Crippen LogP contribution in [0.1, 0.15) is 25.1 Å². The van der Waals surface area contributed by atoms with E-state index in [2.05, 4.69) is 9.97 Å². The van der Waals surface area contributed by atoms with Crippen molar-refractivity contribution in [2.24, 2.45) is 0 Å². The third-order valence-corrected chi connectivity index (χ3v) is 1.57. The van der Waals surface area contributed by atoms with Crippen molar-refractivity contribution in [1.82, 2.24) is 9.97 Å². The Kier molecular flexibility index (Phi) is 4.35. The number of aromatic nitrogens is 2. The van der Waals surface area contributed by atoms with Crippen molar-refractivity contribution < 1.29 is 9.84 Å². The van der Waals surface area contributed by atoms with Crippen molar-refractivity contribution in [2.75, 3.05) is 13.2 Å². The smallest absolute Gasteiger partial charge is 0.119 e. The molecule has 0 fully saturated rings. The van der Waals surface area contributed by atoms with Gasteiger partial charge in [0.2, 0.25) is 0 Å². The highest BCUT2D eigenvalue weighted by Gasteiger charge is 2.07. The second kappa shape index (κ2) is 5.61. The average molecular weight is 182 g/mol. The van der Waals surface area contributed by atoms with Crippen LogP contribution in [0.4, 0.5) is 0 Å². The summed E-state index contributed by atoms with van der Waals surface area (Å²) in [5, 5.41) is 9.53. The molecule has 1 aromatic heterocycles. The van der Waals surface area contributed by atoms with Crippen LogP contribution in [0.25, 0.3) is 0 Å². The monoisotopic (exact) mass is 182 g/mol. The van der Waals surface area contributed by atoms with E-state index in [0.29, 0.717) is 18.9 Å². The highest BCUT2D eigenvalue weighted by molar-refractivity contribution is 5.01. The number of aliphatic hydroxyl groups excluding tert-OH is 1. The van der Waals surface area contributed by atoms with E-state index in [9.17, 15) is 5.11 Å². The van der Waals surface area contributed by atoms with Gasteiger partial charge in [-0.1, -0.05) is 6.92 Å². The molecule has 1 N–H and O–H groups in total. The lowest BCUT2D eigenvalue weighted by atomic mass is 10.2. The predicted octanol–water partition coefficient (Wildman–Crippen LogP) is 0.937. The SMILES string of the molecule is CCCOCC(O)c1ccncn1. The molecule has 1 unspecified atom stereocenters. The summed E-state index contributed by atoms with van der Waals surface area (Å²) in [6.07, 6.45) is 3.33. The van der Waals surface area contributed by atoms with Crippen LogP contribution in [0.5, 0.6) is 0 Å². The van der Waals surface area contributed by atoms with Gasteiger partial charge in [-0.25, -0.2) is 9.97 Å². The van der Waals surface area contributed by atoms with Gasteiger partial charge in [-0.3, -0.25) is 0 Å². The van der Waals surface area contributed by atoms with Crippen LogP contribution in [0.3, 0.4) is 0 Å². The van der Waals surface area contributed by atoms with Crippen molar-refractivity contribution in [3.63, 3.8) is 0 Å². The molecule has 0 aliphatic heterocycles. The fourth-order valence-electron chi connectivity index (χ4n) is 0.923. The number of rotatable bonds is 5. The maximum atomic E-state index is 9.53. The highest BCUT2D eigenvalue weighted by atomic mass is 16.5. The summed E-state index contributed by atoms with van der Waals surface area (Å²) in [4.78, 5) is 7.68. The van der Waals surface area contributed by atoms with Crippen molar-refractivity contribution in [1.29, 1.82) is 0 Å². The summed E-state index contributed by atoms with van der Waals surface area (Å²) in [5.41, 5.74) is 0.603. The van der Waals surface area contributed by atoms with Crippen LogP contribution in [-0.2, 0) is 4.74 Å². The molecule has 0 aliphatic rings. The summed E-state index contributed by atoms with van der Waals surface area (Å²) >= 11 is 0. The molecule has 1 aromatic rings. The van der Waals surface area contributed by atoms with Gasteiger partial charge in [-0.05, 0) is 12.5 Å². The Morgan fingerprint density at radius 1 is 1.62 bits per heavy atom. The van der Waals surface area contributed by atoms with E-state index in [1.807, 2.05) is 6.92 Å². The van der Waals surface area contributed by atoms with Gasteiger partial charge in [-0.15, -0.1) is 0 Å². The Hall–Kier alpha value is -1.00. The summed E-state index contributed by atoms with van der Waals surface area (Å²) < 4.78 is 5.19. The number of hydrogen-bond donors (Lipinski definition) is 1. The number of aliphatic hydroxyl groups is 1. The van der Waals surface area contributed by atoms with Crippen molar-refractivity contribution in [3.05, 3.63) is 24.3 Å². The van der Waals surface area contributed by atoms with Crippen molar-refractivity contribution in [3.8, 4) is 0 Å². The highest BCUT2D eigenvalue weighted by Crippen LogP contribution is 2.07. The summed E-state index contributed by atoms with van der Waals surface area (Å²) in [7, 11) is 0. The van der Waals surface area contributed by atoms with Crippen LogP contribution in [0.15, 0.2) is 18.6 Å². The molecule has 72 valence electrons. The second-order valence-electron chi connectivity index (χ2n) is 2.72. The molecule has 1 rings (SSSR count). The van der Waals surface area contributed by atoms with E-state index >= 15 is 0 Å². The number of nitrogens with zero attached hydrogens (tertiary/aromatic N) is 2. The third kappa shape index (κ3) is 3.48. The van der Waals surface area contributed by atoms with Gasteiger partial charge in [0.05, 0.1) is 12.3 Å². The molecule has 0 aromatic carbocycles. The van der Waals surface area contributed by atoms with Gasteiger partial charge in [0.1, 0.15) is 12.4 Å². The molecule has 1 heterocycles. The van der Waals surface area contributed by atoms with Gasteiger partial charge >= 0.3 is 0 Å². The summed E-state index contributed by atoms with van der Waals surface area (Å²) in [5.74, 6) is 0. The Labute approximate surface area is 77.6 Å². The van der Waals surface area contributed by atoms with Gasteiger partial charge in [-0.2, -0.15) is 0 Å². The maximum Gasteiger partial charge on any atom is 0.119 e. The zero-order valence-electron chi connectivity index (χ0n) is 7.68. The average Bonchev–Trinajstić information content (AvgIpc) is 2.19. The second-order valence-corrected chi connectivity index (χ2v) is 2.72. The van der Waals surface area contributed by atoms with Gasteiger partial charge in [0.15, 0.2) is 0 Å². The number of hydrogen-bond acceptors (Lipinski definition) is 4. The van der Waals surface area contributed by atoms with Crippen LogP contribution >= 0.6 is 0 Å². The van der Waals surface area contributed by atoms with Gasteiger partial charge in [0.25, 0.3) is 0 Å². The minimum absolute atomic E-state index is 0.296. The fraction of sp³-hybridized carbons (Fsp3) is 0.556. The van der Waals surface area contributed by atoms with Crippen molar-refractivity contribution >= 4 is 0 Å². The molecular formula is C9H14N2O2. The number of ether oxygens (including phenoxy) is 1. The minimum Gasteiger partial charge on any atom is -0.384 e. The first-order chi connectivity index (χ1) is 6.34. The van der Waals surface area contributed by atoms with Crippen LogP contribution < -0.4 is 0 Å². The molecule has 4 heteroatoms. The lowest BCUT2D eigenvalue weighted by Gasteiger charge is -2.09. The lowest BCUT2D eigenvalue weighted by molar-refractivity contribution is 0.0342. The third-order valence-electron chi connectivity index (χ3n) is 1.57. The minimum atomic E-state index is -0.644. The molecule has 0 aliphatic carbocycles. The van der Waals surface area contributed by atoms with Crippen molar-refractivity contribution in [2.45, 2.75) is 19.4 Å². The van der Waals surface area contributed by atoms with E-state index in [4.69, 9.17) is 4.74 Å². The molecule has 0 saturated heterocycles. The molecule has 0 amide bonds. The van der Waals surface area contributed by atoms with Crippen LogP contribution in [-0.4, -0.2) is 28.3 Å². The molecule has 13 heavy (non-hydrogen) atoms. The summed E-state index contributed by atoms with van der Waals surface area (Å²) in [6, 6.07) is 1.68. The van der Waals surface area contributed by atoms with E-state index in [1.54, 1.807) is 12.3 Å². The fourth-order valence-corrected chi connectivity index (χ4v) is 0.923. The lowest BCUT2D eigenvalue weighted by Crippen LogP contribution is -2.09. The zero-order valence-corrected chi connectivity index (χ0v) is 7.68. The molecule has 4 nitrogen and oxygen atoms in total. The first kappa shape index (κ1) is 10.1. The Morgan fingerprint density at radius 3 is 3.08 bits per heavy atom.